The summed E-state index contributed by atoms with van der Waals surface area (Å²) in [6.07, 6.45) is 2.37. The molecule has 2 fully saturated rings. The van der Waals surface area contributed by atoms with E-state index in [1.54, 1.807) is 12.1 Å². The second-order valence-electron chi connectivity index (χ2n) is 5.96. The summed E-state index contributed by atoms with van der Waals surface area (Å²) in [4.78, 5) is 0.0627. The highest BCUT2D eigenvalue weighted by atomic mass is 32.2. The number of hydrogen-bond donors (Lipinski definition) is 0. The molecule has 3 rings (SSSR count). The minimum atomic E-state index is -3.90. The molecule has 5 nitrogen and oxygen atoms in total. The molecular formula is C14H18O5S2. The first-order valence-corrected chi connectivity index (χ1v) is 9.92. The van der Waals surface area contributed by atoms with Crippen LogP contribution in [0.25, 0.3) is 0 Å². The first kappa shape index (κ1) is 15.0. The molecule has 0 amide bonds. The summed E-state index contributed by atoms with van der Waals surface area (Å²) in [5.41, 5.74) is 0.948. The van der Waals surface area contributed by atoms with Crippen LogP contribution in [0.3, 0.4) is 0 Å². The lowest BCUT2D eigenvalue weighted by atomic mass is 10.2. The normalized spacial score (nSPS) is 21.2. The molecule has 7 heteroatoms. The van der Waals surface area contributed by atoms with Gasteiger partial charge < -0.3 is 0 Å². The van der Waals surface area contributed by atoms with Crippen molar-refractivity contribution in [3.8, 4) is 0 Å². The highest BCUT2D eigenvalue weighted by molar-refractivity contribution is 7.94. The minimum absolute atomic E-state index is 0.0627. The minimum Gasteiger partial charge on any atom is -0.265 e. The van der Waals surface area contributed by atoms with E-state index in [1.807, 2.05) is 6.92 Å². The SMILES string of the molecule is Cc1ccc(S(=O)(=O)OCC2(S(=O)(=O)C3CC3)CC2)cc1. The van der Waals surface area contributed by atoms with Gasteiger partial charge in [-0.15, -0.1) is 0 Å². The van der Waals surface area contributed by atoms with E-state index >= 15 is 0 Å². The van der Waals surface area contributed by atoms with Crippen LogP contribution in [0.2, 0.25) is 0 Å². The Bertz CT molecular complexity index is 739. The maximum Gasteiger partial charge on any atom is 0.297 e. The van der Waals surface area contributed by atoms with Crippen molar-refractivity contribution in [2.24, 2.45) is 0 Å². The van der Waals surface area contributed by atoms with E-state index in [-0.39, 0.29) is 16.8 Å². The van der Waals surface area contributed by atoms with Crippen LogP contribution in [-0.2, 0) is 24.1 Å². The van der Waals surface area contributed by atoms with E-state index in [0.717, 1.165) is 5.56 Å². The molecule has 2 aliphatic rings. The van der Waals surface area contributed by atoms with Crippen molar-refractivity contribution in [1.29, 1.82) is 0 Å². The van der Waals surface area contributed by atoms with Gasteiger partial charge in [-0.3, -0.25) is 4.18 Å². The van der Waals surface area contributed by atoms with Crippen molar-refractivity contribution in [2.75, 3.05) is 6.61 Å². The van der Waals surface area contributed by atoms with Gasteiger partial charge in [0.15, 0.2) is 9.84 Å². The zero-order valence-corrected chi connectivity index (χ0v) is 13.4. The highest BCUT2D eigenvalue weighted by Gasteiger charge is 2.60. The fourth-order valence-electron chi connectivity index (χ4n) is 2.34. The molecule has 0 saturated heterocycles. The molecule has 0 bridgehead atoms. The average molecular weight is 330 g/mol. The maximum absolute atomic E-state index is 12.3. The number of benzene rings is 1. The van der Waals surface area contributed by atoms with E-state index in [0.29, 0.717) is 25.7 Å². The summed E-state index contributed by atoms with van der Waals surface area (Å²) in [5.74, 6) is 0. The molecule has 0 unspecified atom stereocenters. The van der Waals surface area contributed by atoms with Gasteiger partial charge in [-0.2, -0.15) is 8.42 Å². The van der Waals surface area contributed by atoms with Gasteiger partial charge in [0.1, 0.15) is 0 Å². The summed E-state index contributed by atoms with van der Waals surface area (Å²) in [5, 5.41) is -0.286. The van der Waals surface area contributed by atoms with Crippen molar-refractivity contribution >= 4 is 20.0 Å². The topological polar surface area (TPSA) is 77.5 Å². The van der Waals surface area contributed by atoms with Crippen molar-refractivity contribution in [3.05, 3.63) is 29.8 Å². The molecule has 0 spiro atoms. The zero-order chi connectivity index (χ0) is 15.3. The molecule has 1 aromatic carbocycles. The first-order valence-electron chi connectivity index (χ1n) is 6.96. The van der Waals surface area contributed by atoms with Gasteiger partial charge in [0, 0.05) is 0 Å². The lowest BCUT2D eigenvalue weighted by Gasteiger charge is -2.16. The van der Waals surface area contributed by atoms with Crippen LogP contribution in [0.5, 0.6) is 0 Å². The van der Waals surface area contributed by atoms with Gasteiger partial charge in [0.25, 0.3) is 10.1 Å². The van der Waals surface area contributed by atoms with Gasteiger partial charge in [0.2, 0.25) is 0 Å². The van der Waals surface area contributed by atoms with Gasteiger partial charge in [-0.05, 0) is 44.7 Å². The van der Waals surface area contributed by atoms with E-state index < -0.39 is 24.7 Å². The monoisotopic (exact) mass is 330 g/mol. The summed E-state index contributed by atoms with van der Waals surface area (Å²) in [6.45, 7) is 1.60. The fraction of sp³-hybridized carbons (Fsp3) is 0.571. The predicted molar refractivity (Wildman–Crippen MR) is 78.2 cm³/mol. The van der Waals surface area contributed by atoms with Crippen molar-refractivity contribution in [1.82, 2.24) is 0 Å². The number of sulfone groups is 1. The molecule has 0 radical (unpaired) electrons. The number of hydrogen-bond acceptors (Lipinski definition) is 5. The third kappa shape index (κ3) is 2.74. The standard InChI is InChI=1S/C14H18O5S2/c1-11-2-4-13(5-3-11)21(17,18)19-10-14(8-9-14)20(15,16)12-6-7-12/h2-5,12H,6-10H2,1H3. The molecule has 0 aromatic heterocycles. The van der Waals surface area contributed by atoms with Gasteiger partial charge in [0.05, 0.1) is 21.5 Å². The third-order valence-electron chi connectivity index (χ3n) is 4.16. The molecule has 0 heterocycles. The third-order valence-corrected chi connectivity index (χ3v) is 8.52. The predicted octanol–water partition coefficient (Wildman–Crippen LogP) is 1.81. The summed E-state index contributed by atoms with van der Waals surface area (Å²) >= 11 is 0. The van der Waals surface area contributed by atoms with Gasteiger partial charge >= 0.3 is 0 Å². The second-order valence-corrected chi connectivity index (χ2v) is 10.2. The Labute approximate surface area is 125 Å². The Kier molecular flexibility index (Phi) is 3.42. The Morgan fingerprint density at radius 1 is 1.10 bits per heavy atom. The molecule has 0 N–H and O–H groups in total. The van der Waals surface area contributed by atoms with Crippen molar-refractivity contribution in [3.63, 3.8) is 0 Å². The van der Waals surface area contributed by atoms with Crippen LogP contribution in [0, 0.1) is 6.92 Å². The lowest BCUT2D eigenvalue weighted by Crippen LogP contribution is -2.32. The van der Waals surface area contributed by atoms with E-state index in [2.05, 4.69) is 0 Å². The Hall–Kier alpha value is -0.920. The smallest absolute Gasteiger partial charge is 0.265 e. The van der Waals surface area contributed by atoms with Crippen LogP contribution in [0.15, 0.2) is 29.2 Å². The zero-order valence-electron chi connectivity index (χ0n) is 11.8. The summed E-state index contributed by atoms with van der Waals surface area (Å²) < 4.78 is 52.9. The van der Waals surface area contributed by atoms with Gasteiger partial charge in [-0.25, -0.2) is 8.42 Å². The number of rotatable bonds is 6. The first-order chi connectivity index (χ1) is 9.77. The Morgan fingerprint density at radius 3 is 2.14 bits per heavy atom. The van der Waals surface area contributed by atoms with Crippen LogP contribution in [-0.4, -0.2) is 33.4 Å². The molecular weight excluding hydrogens is 312 g/mol. The molecule has 2 aliphatic carbocycles. The summed E-state index contributed by atoms with van der Waals surface area (Å²) in [6, 6.07) is 6.31. The Balaban J connectivity index is 1.74. The number of aryl methyl sites for hydroxylation is 1. The summed E-state index contributed by atoms with van der Waals surface area (Å²) in [7, 11) is -7.16. The van der Waals surface area contributed by atoms with Crippen molar-refractivity contribution < 1.29 is 21.0 Å². The maximum atomic E-state index is 12.3. The molecule has 116 valence electrons. The molecule has 0 atom stereocenters. The quantitative estimate of drug-likeness (QED) is 0.743. The van der Waals surface area contributed by atoms with E-state index in [9.17, 15) is 16.8 Å². The highest BCUT2D eigenvalue weighted by Crippen LogP contribution is 2.50. The van der Waals surface area contributed by atoms with E-state index in [4.69, 9.17) is 4.18 Å². The fourth-order valence-corrected chi connectivity index (χ4v) is 5.76. The Morgan fingerprint density at radius 2 is 1.67 bits per heavy atom. The van der Waals surface area contributed by atoms with Crippen LogP contribution < -0.4 is 0 Å². The largest absolute Gasteiger partial charge is 0.297 e. The second kappa shape index (κ2) is 4.79. The molecule has 21 heavy (non-hydrogen) atoms. The lowest BCUT2D eigenvalue weighted by molar-refractivity contribution is 0.307. The van der Waals surface area contributed by atoms with Gasteiger partial charge in [-0.1, -0.05) is 17.7 Å². The van der Waals surface area contributed by atoms with Crippen LogP contribution in [0.4, 0.5) is 0 Å². The van der Waals surface area contributed by atoms with E-state index in [1.165, 1.54) is 12.1 Å². The molecule has 1 aromatic rings. The van der Waals surface area contributed by atoms with Crippen LogP contribution >= 0.6 is 0 Å². The molecule has 2 saturated carbocycles. The molecule has 0 aliphatic heterocycles. The van der Waals surface area contributed by atoms with Crippen molar-refractivity contribution in [2.45, 2.75) is 47.5 Å². The van der Waals surface area contributed by atoms with Crippen LogP contribution in [0.1, 0.15) is 31.2 Å². The average Bonchev–Trinajstić information content (AvgIpc) is 3.28.